The summed E-state index contributed by atoms with van der Waals surface area (Å²) in [6, 6.07) is 3.66. The molecular weight excluding hydrogens is 140 g/mol. The minimum atomic E-state index is 0. The summed E-state index contributed by atoms with van der Waals surface area (Å²) >= 11 is 0. The first kappa shape index (κ1) is 7.72. The molecule has 0 aromatic carbocycles. The van der Waals surface area contributed by atoms with Gasteiger partial charge in [0.15, 0.2) is 0 Å². The monoisotopic (exact) mass is 152 g/mol. The van der Waals surface area contributed by atoms with Crippen molar-refractivity contribution in [3.63, 3.8) is 0 Å². The smallest absolute Gasteiger partial charge is 0.224 e. The fraction of sp³-hybridized carbons (Fsp3) is 0.250. The summed E-state index contributed by atoms with van der Waals surface area (Å²) < 4.78 is 0. The van der Waals surface area contributed by atoms with Crippen molar-refractivity contribution in [2.24, 2.45) is 0 Å². The summed E-state index contributed by atoms with van der Waals surface area (Å²) in [6.07, 6.45) is 3.79. The number of likely N-dealkylation sites (N-methyl/N-ethyl adjacent to an activating group) is 1. The molecule has 3 nitrogen and oxygen atoms in total. The van der Waals surface area contributed by atoms with E-state index in [4.69, 9.17) is 0 Å². The molecule has 0 aliphatic rings. The lowest BCUT2D eigenvalue weighted by Crippen LogP contribution is -2.19. The number of rotatable bonds is 2. The van der Waals surface area contributed by atoms with Gasteiger partial charge in [0.2, 0.25) is 5.91 Å². The first-order chi connectivity index (χ1) is 5.33. The Hall–Kier alpha value is -1.38. The standard InChI is InChI=1S/C8H10N2O.H2/c1-9-8(11)6-7-2-4-10-5-3-7;/h2-5H,6H2,1H3,(H,9,11);1H. The summed E-state index contributed by atoms with van der Waals surface area (Å²) in [6.45, 7) is 0. The van der Waals surface area contributed by atoms with Gasteiger partial charge in [0, 0.05) is 20.9 Å². The van der Waals surface area contributed by atoms with E-state index in [2.05, 4.69) is 10.3 Å². The topological polar surface area (TPSA) is 42.0 Å². The van der Waals surface area contributed by atoms with E-state index in [1.54, 1.807) is 19.4 Å². The quantitative estimate of drug-likeness (QED) is 0.674. The van der Waals surface area contributed by atoms with Crippen LogP contribution < -0.4 is 5.32 Å². The summed E-state index contributed by atoms with van der Waals surface area (Å²) in [5, 5.41) is 2.55. The van der Waals surface area contributed by atoms with Crippen molar-refractivity contribution in [1.82, 2.24) is 10.3 Å². The van der Waals surface area contributed by atoms with Crippen molar-refractivity contribution < 1.29 is 6.22 Å². The van der Waals surface area contributed by atoms with Crippen molar-refractivity contribution in [3.8, 4) is 0 Å². The number of hydrogen-bond donors (Lipinski definition) is 1. The van der Waals surface area contributed by atoms with Gasteiger partial charge < -0.3 is 5.32 Å². The first-order valence-electron chi connectivity index (χ1n) is 3.42. The van der Waals surface area contributed by atoms with Gasteiger partial charge in [-0.1, -0.05) is 0 Å². The normalized spacial score (nSPS) is 9.18. The number of nitrogens with zero attached hydrogens (tertiary/aromatic N) is 1. The van der Waals surface area contributed by atoms with Crippen molar-refractivity contribution in [1.29, 1.82) is 0 Å². The summed E-state index contributed by atoms with van der Waals surface area (Å²) in [4.78, 5) is 14.7. The van der Waals surface area contributed by atoms with Crippen molar-refractivity contribution in [2.75, 3.05) is 7.05 Å². The summed E-state index contributed by atoms with van der Waals surface area (Å²) in [7, 11) is 1.63. The van der Waals surface area contributed by atoms with Crippen LogP contribution in [0.1, 0.15) is 6.99 Å². The molecule has 1 heterocycles. The van der Waals surface area contributed by atoms with Crippen LogP contribution >= 0.6 is 0 Å². The highest BCUT2D eigenvalue weighted by atomic mass is 16.1. The minimum Gasteiger partial charge on any atom is -0.359 e. The second-order valence-corrected chi connectivity index (χ2v) is 2.21. The first-order valence-corrected chi connectivity index (χ1v) is 3.42. The molecule has 60 valence electrons. The van der Waals surface area contributed by atoms with E-state index in [0.717, 1.165) is 5.56 Å². The molecule has 1 N–H and O–H groups in total. The number of amides is 1. The maximum Gasteiger partial charge on any atom is 0.224 e. The van der Waals surface area contributed by atoms with Crippen LogP contribution in [0.2, 0.25) is 0 Å². The van der Waals surface area contributed by atoms with Gasteiger partial charge in [-0.05, 0) is 17.7 Å². The molecular formula is C8H12N2O. The van der Waals surface area contributed by atoms with Crippen LogP contribution in [0.25, 0.3) is 0 Å². The maximum atomic E-state index is 10.8. The van der Waals surface area contributed by atoms with Crippen LogP contribution in [-0.4, -0.2) is 17.9 Å². The second kappa shape index (κ2) is 3.71. The van der Waals surface area contributed by atoms with Crippen LogP contribution in [0.15, 0.2) is 24.5 Å². The number of nitrogens with one attached hydrogen (secondary N) is 1. The zero-order valence-electron chi connectivity index (χ0n) is 6.37. The van der Waals surface area contributed by atoms with Crippen molar-refractivity contribution >= 4 is 5.91 Å². The highest BCUT2D eigenvalue weighted by Crippen LogP contribution is 1.96. The third-order valence-electron chi connectivity index (χ3n) is 1.39. The lowest BCUT2D eigenvalue weighted by Gasteiger charge is -1.97. The molecule has 0 aliphatic heterocycles. The Morgan fingerprint density at radius 1 is 1.64 bits per heavy atom. The Balaban J connectivity index is 0.00000121. The second-order valence-electron chi connectivity index (χ2n) is 2.21. The van der Waals surface area contributed by atoms with Gasteiger partial charge in [-0.25, -0.2) is 0 Å². The molecule has 1 aromatic rings. The molecule has 1 aromatic heterocycles. The van der Waals surface area contributed by atoms with Gasteiger partial charge in [0.25, 0.3) is 0 Å². The molecule has 1 rings (SSSR count). The molecule has 0 saturated heterocycles. The van der Waals surface area contributed by atoms with E-state index in [-0.39, 0.29) is 7.33 Å². The van der Waals surface area contributed by atoms with Gasteiger partial charge >= 0.3 is 0 Å². The third-order valence-corrected chi connectivity index (χ3v) is 1.39. The SMILES string of the molecule is CNC(=O)Cc1ccncc1.[HH]. The summed E-state index contributed by atoms with van der Waals surface area (Å²) in [5.74, 6) is 0.0243. The molecule has 0 spiro atoms. The van der Waals surface area contributed by atoms with Crippen molar-refractivity contribution in [2.45, 2.75) is 6.42 Å². The molecule has 0 fully saturated rings. The predicted molar refractivity (Wildman–Crippen MR) is 44.1 cm³/mol. The fourth-order valence-electron chi connectivity index (χ4n) is 0.774. The number of pyridine rings is 1. The van der Waals surface area contributed by atoms with Crippen LogP contribution in [0, 0.1) is 0 Å². The molecule has 0 aliphatic carbocycles. The predicted octanol–water partition coefficient (Wildman–Crippen LogP) is 0.616. The van der Waals surface area contributed by atoms with Gasteiger partial charge in [0.1, 0.15) is 0 Å². The molecule has 3 heteroatoms. The third kappa shape index (κ3) is 2.37. The fourth-order valence-corrected chi connectivity index (χ4v) is 0.774. The summed E-state index contributed by atoms with van der Waals surface area (Å²) in [5.41, 5.74) is 0.986. The van der Waals surface area contributed by atoms with Crippen LogP contribution in [0.3, 0.4) is 0 Å². The van der Waals surface area contributed by atoms with Gasteiger partial charge in [-0.2, -0.15) is 0 Å². The van der Waals surface area contributed by atoms with E-state index in [0.29, 0.717) is 6.42 Å². The average molecular weight is 152 g/mol. The van der Waals surface area contributed by atoms with E-state index >= 15 is 0 Å². The molecule has 1 amide bonds. The Morgan fingerprint density at radius 2 is 2.27 bits per heavy atom. The Morgan fingerprint density at radius 3 is 2.82 bits per heavy atom. The van der Waals surface area contributed by atoms with E-state index in [1.165, 1.54) is 0 Å². The van der Waals surface area contributed by atoms with E-state index in [9.17, 15) is 4.79 Å². The lowest BCUT2D eigenvalue weighted by molar-refractivity contribution is -0.119. The molecule has 0 atom stereocenters. The van der Waals surface area contributed by atoms with Gasteiger partial charge in [-0.15, -0.1) is 0 Å². The number of carbonyl (C=O) groups is 1. The molecule has 0 bridgehead atoms. The number of hydrogen-bond acceptors (Lipinski definition) is 2. The van der Waals surface area contributed by atoms with E-state index < -0.39 is 0 Å². The Kier molecular flexibility index (Phi) is 2.60. The van der Waals surface area contributed by atoms with Crippen LogP contribution in [0.5, 0.6) is 0 Å². The largest absolute Gasteiger partial charge is 0.359 e. The molecule has 0 radical (unpaired) electrons. The Labute approximate surface area is 66.9 Å². The molecule has 11 heavy (non-hydrogen) atoms. The highest BCUT2D eigenvalue weighted by molar-refractivity contribution is 5.78. The van der Waals surface area contributed by atoms with Crippen molar-refractivity contribution in [3.05, 3.63) is 30.1 Å². The van der Waals surface area contributed by atoms with E-state index in [1.807, 2.05) is 12.1 Å². The average Bonchev–Trinajstić information content (AvgIpc) is 2.06. The van der Waals surface area contributed by atoms with Crippen LogP contribution in [-0.2, 0) is 11.2 Å². The molecule has 0 saturated carbocycles. The van der Waals surface area contributed by atoms with Gasteiger partial charge in [0.05, 0.1) is 6.42 Å². The highest BCUT2D eigenvalue weighted by Gasteiger charge is 1.97. The van der Waals surface area contributed by atoms with Gasteiger partial charge in [-0.3, -0.25) is 9.78 Å². The zero-order valence-corrected chi connectivity index (χ0v) is 6.37. The minimum absolute atomic E-state index is 0. The molecule has 0 unspecified atom stereocenters. The lowest BCUT2D eigenvalue weighted by atomic mass is 10.2. The number of aromatic nitrogens is 1. The Bertz CT molecular complexity index is 238. The number of carbonyl (C=O) groups excluding carboxylic acids is 1. The van der Waals surface area contributed by atoms with Crippen LogP contribution in [0.4, 0.5) is 0 Å². The zero-order chi connectivity index (χ0) is 8.10. The maximum absolute atomic E-state index is 10.8.